The van der Waals surface area contributed by atoms with Gasteiger partial charge < -0.3 is 9.84 Å². The summed E-state index contributed by atoms with van der Waals surface area (Å²) < 4.78 is 41.4. The van der Waals surface area contributed by atoms with Crippen LogP contribution in [0.4, 0.5) is 18.9 Å². The van der Waals surface area contributed by atoms with Crippen LogP contribution in [0.25, 0.3) is 0 Å². The summed E-state index contributed by atoms with van der Waals surface area (Å²) in [5.41, 5.74) is 1.87. The largest absolute Gasteiger partial charge is 0.573 e. The van der Waals surface area contributed by atoms with Crippen LogP contribution >= 0.6 is 22.6 Å². The number of halogens is 4. The first kappa shape index (κ1) is 16.6. The summed E-state index contributed by atoms with van der Waals surface area (Å²) >= 11 is 2.16. The molecule has 0 amide bonds. The van der Waals surface area contributed by atoms with Gasteiger partial charge in [-0.05, 0) is 65.4 Å². The molecule has 0 bridgehead atoms. The number of ether oxygens (including phenoxy) is 1. The van der Waals surface area contributed by atoms with Gasteiger partial charge in [-0.1, -0.05) is 6.07 Å². The Morgan fingerprint density at radius 2 is 1.91 bits per heavy atom. The molecule has 0 radical (unpaired) electrons. The molecular formula is C15H11F3INO2. The van der Waals surface area contributed by atoms with Gasteiger partial charge in [-0.15, -0.1) is 13.2 Å². The van der Waals surface area contributed by atoms with Gasteiger partial charge in [0.05, 0.1) is 5.69 Å². The van der Waals surface area contributed by atoms with Crippen LogP contribution in [0.5, 0.6) is 11.5 Å². The van der Waals surface area contributed by atoms with Gasteiger partial charge in [-0.25, -0.2) is 0 Å². The third kappa shape index (κ3) is 4.62. The molecule has 0 saturated heterocycles. The fourth-order valence-corrected chi connectivity index (χ4v) is 2.14. The highest BCUT2D eigenvalue weighted by Gasteiger charge is 2.31. The molecule has 0 saturated carbocycles. The second-order valence-electron chi connectivity index (χ2n) is 4.46. The van der Waals surface area contributed by atoms with Crippen molar-refractivity contribution in [3.05, 3.63) is 51.1 Å². The maximum atomic E-state index is 12.2. The number of rotatable bonds is 3. The van der Waals surface area contributed by atoms with Gasteiger partial charge in [0.15, 0.2) is 0 Å². The summed E-state index contributed by atoms with van der Waals surface area (Å²) in [6.45, 7) is 1.96. The monoisotopic (exact) mass is 421 g/mol. The predicted molar refractivity (Wildman–Crippen MR) is 85.9 cm³/mol. The number of aliphatic imine (C=N–C) groups is 1. The molecule has 3 nitrogen and oxygen atoms in total. The van der Waals surface area contributed by atoms with Crippen LogP contribution in [0.2, 0.25) is 0 Å². The van der Waals surface area contributed by atoms with E-state index < -0.39 is 12.1 Å². The number of alkyl halides is 3. The Balaban J connectivity index is 2.26. The molecule has 2 aromatic carbocycles. The zero-order chi connectivity index (χ0) is 16.3. The first-order valence-electron chi connectivity index (χ1n) is 6.13. The normalized spacial score (nSPS) is 11.9. The van der Waals surface area contributed by atoms with E-state index in [1.165, 1.54) is 6.21 Å². The first-order chi connectivity index (χ1) is 10.2. The maximum Gasteiger partial charge on any atom is 0.573 e. The average Bonchev–Trinajstić information content (AvgIpc) is 2.41. The van der Waals surface area contributed by atoms with Gasteiger partial charge in [0.2, 0.25) is 0 Å². The Bertz CT molecular complexity index is 714. The van der Waals surface area contributed by atoms with E-state index in [0.717, 1.165) is 27.3 Å². The molecule has 1 N–H and O–H groups in total. The van der Waals surface area contributed by atoms with Gasteiger partial charge in [0, 0.05) is 15.3 Å². The zero-order valence-corrected chi connectivity index (χ0v) is 13.5. The highest BCUT2D eigenvalue weighted by Crippen LogP contribution is 2.27. The summed E-state index contributed by atoms with van der Waals surface area (Å²) in [4.78, 5) is 4.15. The molecule has 0 atom stereocenters. The molecule has 0 heterocycles. The molecule has 0 unspecified atom stereocenters. The molecule has 0 aliphatic heterocycles. The Labute approximate surface area is 138 Å². The van der Waals surface area contributed by atoms with Crippen LogP contribution < -0.4 is 4.74 Å². The summed E-state index contributed by atoms with van der Waals surface area (Å²) in [6, 6.07) is 8.74. The van der Waals surface area contributed by atoms with Gasteiger partial charge in [-0.2, -0.15) is 0 Å². The standard InChI is InChI=1S/C15H11F3INO2/c1-9-2-3-11(7-13(9)19)20-8-10-6-12(4-5-14(10)21)22-15(16,17)18/h2-8,21H,1H3. The lowest BCUT2D eigenvalue weighted by Crippen LogP contribution is -2.17. The van der Waals surface area contributed by atoms with Crippen molar-refractivity contribution in [3.63, 3.8) is 0 Å². The smallest absolute Gasteiger partial charge is 0.507 e. The second kappa shape index (κ2) is 6.55. The lowest BCUT2D eigenvalue weighted by Gasteiger charge is -2.09. The molecule has 2 aromatic rings. The Morgan fingerprint density at radius 3 is 2.55 bits per heavy atom. The zero-order valence-electron chi connectivity index (χ0n) is 11.4. The number of phenolic OH excluding ortho intramolecular Hbond substituents is 1. The average molecular weight is 421 g/mol. The lowest BCUT2D eigenvalue weighted by molar-refractivity contribution is -0.274. The van der Waals surface area contributed by atoms with E-state index in [0.29, 0.717) is 5.69 Å². The molecule has 22 heavy (non-hydrogen) atoms. The molecule has 0 aromatic heterocycles. The number of aryl methyl sites for hydroxylation is 1. The van der Waals surface area contributed by atoms with Crippen molar-refractivity contribution in [1.29, 1.82) is 0 Å². The molecule has 0 aliphatic carbocycles. The van der Waals surface area contributed by atoms with E-state index in [-0.39, 0.29) is 11.3 Å². The van der Waals surface area contributed by atoms with Crippen LogP contribution in [0.15, 0.2) is 41.4 Å². The summed E-state index contributed by atoms with van der Waals surface area (Å²) in [5, 5.41) is 9.68. The summed E-state index contributed by atoms with van der Waals surface area (Å²) in [5.74, 6) is -0.592. The first-order valence-corrected chi connectivity index (χ1v) is 7.21. The molecule has 2 rings (SSSR count). The quantitative estimate of drug-likeness (QED) is 0.563. The lowest BCUT2D eigenvalue weighted by atomic mass is 10.2. The van der Waals surface area contributed by atoms with E-state index in [9.17, 15) is 18.3 Å². The third-order valence-electron chi connectivity index (χ3n) is 2.74. The van der Waals surface area contributed by atoms with Crippen LogP contribution in [0, 0.1) is 10.5 Å². The van der Waals surface area contributed by atoms with E-state index in [1.807, 2.05) is 19.1 Å². The summed E-state index contributed by atoms with van der Waals surface area (Å²) in [7, 11) is 0. The van der Waals surface area contributed by atoms with Gasteiger partial charge in [0.1, 0.15) is 11.5 Å². The van der Waals surface area contributed by atoms with Crippen LogP contribution in [-0.4, -0.2) is 17.7 Å². The van der Waals surface area contributed by atoms with Crippen LogP contribution in [0.1, 0.15) is 11.1 Å². The molecular weight excluding hydrogens is 410 g/mol. The topological polar surface area (TPSA) is 41.8 Å². The minimum absolute atomic E-state index is 0.136. The fraction of sp³-hybridized carbons (Fsp3) is 0.133. The van der Waals surface area contributed by atoms with Gasteiger partial charge in [0.25, 0.3) is 0 Å². The molecule has 0 fully saturated rings. The van der Waals surface area contributed by atoms with Crippen molar-refractivity contribution >= 4 is 34.5 Å². The third-order valence-corrected chi connectivity index (χ3v) is 3.90. The van der Waals surface area contributed by atoms with Crippen molar-refractivity contribution in [2.45, 2.75) is 13.3 Å². The van der Waals surface area contributed by atoms with Crippen molar-refractivity contribution < 1.29 is 23.0 Å². The number of nitrogens with zero attached hydrogens (tertiary/aromatic N) is 1. The Morgan fingerprint density at radius 1 is 1.18 bits per heavy atom. The van der Waals surface area contributed by atoms with E-state index >= 15 is 0 Å². The molecule has 116 valence electrons. The van der Waals surface area contributed by atoms with Crippen molar-refractivity contribution in [2.75, 3.05) is 0 Å². The van der Waals surface area contributed by atoms with Crippen molar-refractivity contribution in [3.8, 4) is 11.5 Å². The van der Waals surface area contributed by atoms with Gasteiger partial charge in [-0.3, -0.25) is 4.99 Å². The second-order valence-corrected chi connectivity index (χ2v) is 5.62. The van der Waals surface area contributed by atoms with E-state index in [2.05, 4.69) is 32.3 Å². The van der Waals surface area contributed by atoms with Crippen LogP contribution in [-0.2, 0) is 0 Å². The molecule has 0 aliphatic rings. The SMILES string of the molecule is Cc1ccc(N=Cc2cc(OC(F)(F)F)ccc2O)cc1I. The maximum absolute atomic E-state index is 12.2. The van der Waals surface area contributed by atoms with E-state index in [4.69, 9.17) is 0 Å². The van der Waals surface area contributed by atoms with Crippen molar-refractivity contribution in [2.24, 2.45) is 4.99 Å². The van der Waals surface area contributed by atoms with Crippen LogP contribution in [0.3, 0.4) is 0 Å². The highest BCUT2D eigenvalue weighted by atomic mass is 127. The number of hydrogen-bond donors (Lipinski definition) is 1. The Kier molecular flexibility index (Phi) is 4.94. The summed E-state index contributed by atoms with van der Waals surface area (Å²) in [6.07, 6.45) is -3.49. The number of aromatic hydroxyl groups is 1. The predicted octanol–water partition coefficient (Wildman–Crippen LogP) is 4.95. The minimum atomic E-state index is -4.78. The minimum Gasteiger partial charge on any atom is -0.507 e. The fourth-order valence-electron chi connectivity index (χ4n) is 1.64. The molecule has 0 spiro atoms. The number of benzene rings is 2. The highest BCUT2D eigenvalue weighted by molar-refractivity contribution is 14.1. The number of hydrogen-bond acceptors (Lipinski definition) is 3. The van der Waals surface area contributed by atoms with Crippen molar-refractivity contribution in [1.82, 2.24) is 0 Å². The van der Waals surface area contributed by atoms with E-state index in [1.54, 1.807) is 6.07 Å². The Hall–Kier alpha value is -1.77. The van der Waals surface area contributed by atoms with Gasteiger partial charge >= 0.3 is 6.36 Å². The number of phenols is 1. The molecule has 7 heteroatoms.